The lowest BCUT2D eigenvalue weighted by Gasteiger charge is -2.04. The van der Waals surface area contributed by atoms with Gasteiger partial charge in [-0.05, 0) is 34.6 Å². The number of benzene rings is 1. The van der Waals surface area contributed by atoms with Crippen LogP contribution in [0.25, 0.3) is 10.9 Å². The molecule has 3 rings (SSSR count). The first-order valence-electron chi connectivity index (χ1n) is 5.11. The standard InChI is InChI=1S/C11H8BrN5O/c12-7-1-2-8-6(5-7)3-4-17(8)11(14)9-10(13)16-18-15-9/h1-5,14H,(H2,13,16). The molecule has 18 heavy (non-hydrogen) atoms. The summed E-state index contributed by atoms with van der Waals surface area (Å²) in [5, 5.41) is 16.2. The maximum Gasteiger partial charge on any atom is 0.199 e. The molecular formula is C11H8BrN5O. The van der Waals surface area contributed by atoms with Crippen LogP contribution in [0.1, 0.15) is 5.69 Å². The maximum atomic E-state index is 8.09. The number of nitrogens with two attached hydrogens (primary N) is 1. The van der Waals surface area contributed by atoms with Crippen LogP contribution in [0.4, 0.5) is 5.82 Å². The van der Waals surface area contributed by atoms with Crippen molar-refractivity contribution in [2.45, 2.75) is 0 Å². The quantitative estimate of drug-likeness (QED) is 0.532. The minimum atomic E-state index is 0.110. The summed E-state index contributed by atoms with van der Waals surface area (Å²) < 4.78 is 7.18. The van der Waals surface area contributed by atoms with Gasteiger partial charge < -0.3 is 5.73 Å². The molecule has 0 atom stereocenters. The van der Waals surface area contributed by atoms with Crippen molar-refractivity contribution < 1.29 is 4.63 Å². The highest BCUT2D eigenvalue weighted by Crippen LogP contribution is 2.22. The zero-order valence-corrected chi connectivity index (χ0v) is 10.7. The Balaban J connectivity index is 2.16. The van der Waals surface area contributed by atoms with Crippen molar-refractivity contribution in [3.63, 3.8) is 0 Å². The Morgan fingerprint density at radius 1 is 1.33 bits per heavy atom. The number of anilines is 1. The fourth-order valence-corrected chi connectivity index (χ4v) is 2.16. The van der Waals surface area contributed by atoms with Gasteiger partial charge in [-0.3, -0.25) is 9.98 Å². The number of fused-ring (bicyclic) bond motifs is 1. The van der Waals surface area contributed by atoms with Crippen LogP contribution in [0.5, 0.6) is 0 Å². The first kappa shape index (κ1) is 11.0. The first-order valence-corrected chi connectivity index (χ1v) is 5.90. The van der Waals surface area contributed by atoms with Crippen molar-refractivity contribution in [2.75, 3.05) is 5.73 Å². The summed E-state index contributed by atoms with van der Waals surface area (Å²) in [6, 6.07) is 7.72. The Bertz CT molecular complexity index is 745. The van der Waals surface area contributed by atoms with E-state index in [-0.39, 0.29) is 17.3 Å². The molecule has 90 valence electrons. The second-order valence-corrected chi connectivity index (χ2v) is 4.65. The van der Waals surface area contributed by atoms with Crippen LogP contribution < -0.4 is 5.73 Å². The molecule has 0 bridgehead atoms. The molecule has 0 unspecified atom stereocenters. The van der Waals surface area contributed by atoms with Gasteiger partial charge in [-0.15, -0.1) is 0 Å². The monoisotopic (exact) mass is 305 g/mol. The van der Waals surface area contributed by atoms with E-state index < -0.39 is 0 Å². The second kappa shape index (κ2) is 3.95. The third-order valence-electron chi connectivity index (χ3n) is 2.63. The van der Waals surface area contributed by atoms with E-state index in [9.17, 15) is 0 Å². The highest BCUT2D eigenvalue weighted by atomic mass is 79.9. The smallest absolute Gasteiger partial charge is 0.199 e. The van der Waals surface area contributed by atoms with Crippen LogP contribution in [-0.4, -0.2) is 20.7 Å². The number of nitrogens with zero attached hydrogens (tertiary/aromatic N) is 3. The zero-order valence-electron chi connectivity index (χ0n) is 9.09. The number of nitrogens with one attached hydrogen (secondary N) is 1. The van der Waals surface area contributed by atoms with Gasteiger partial charge in [-0.2, -0.15) is 0 Å². The molecule has 7 heteroatoms. The lowest BCUT2D eigenvalue weighted by molar-refractivity contribution is 0.308. The molecule has 2 aromatic heterocycles. The molecule has 0 aliphatic rings. The van der Waals surface area contributed by atoms with E-state index in [1.165, 1.54) is 0 Å². The van der Waals surface area contributed by atoms with E-state index in [4.69, 9.17) is 11.1 Å². The number of halogens is 1. The normalized spacial score (nSPS) is 10.9. The van der Waals surface area contributed by atoms with Crippen LogP contribution >= 0.6 is 15.9 Å². The molecule has 0 aliphatic carbocycles. The van der Waals surface area contributed by atoms with Crippen LogP contribution in [0, 0.1) is 5.41 Å². The number of hydrogen-bond donors (Lipinski definition) is 2. The van der Waals surface area contributed by atoms with Crippen molar-refractivity contribution in [1.82, 2.24) is 14.9 Å². The molecule has 0 spiro atoms. The summed E-state index contributed by atoms with van der Waals surface area (Å²) in [4.78, 5) is 0. The largest absolute Gasteiger partial charge is 0.379 e. The summed E-state index contributed by atoms with van der Waals surface area (Å²) in [5.41, 5.74) is 6.71. The van der Waals surface area contributed by atoms with Crippen LogP contribution in [-0.2, 0) is 0 Å². The highest BCUT2D eigenvalue weighted by Gasteiger charge is 2.15. The summed E-state index contributed by atoms with van der Waals surface area (Å²) in [6.45, 7) is 0. The molecule has 0 aliphatic heterocycles. The van der Waals surface area contributed by atoms with Crippen molar-refractivity contribution in [1.29, 1.82) is 5.41 Å². The Morgan fingerprint density at radius 2 is 2.17 bits per heavy atom. The Labute approximate surface area is 110 Å². The minimum Gasteiger partial charge on any atom is -0.379 e. The third-order valence-corrected chi connectivity index (χ3v) is 3.12. The lowest BCUT2D eigenvalue weighted by Crippen LogP contribution is -2.13. The molecule has 0 saturated heterocycles. The summed E-state index contributed by atoms with van der Waals surface area (Å²) in [5.74, 6) is 0.241. The molecule has 3 aromatic rings. The molecule has 0 amide bonds. The predicted octanol–water partition coefficient (Wildman–Crippen LogP) is 2.24. The lowest BCUT2D eigenvalue weighted by atomic mass is 10.2. The number of hydrogen-bond acceptors (Lipinski definition) is 5. The van der Waals surface area contributed by atoms with Gasteiger partial charge in [-0.1, -0.05) is 15.9 Å². The summed E-state index contributed by atoms with van der Waals surface area (Å²) >= 11 is 3.41. The van der Waals surface area contributed by atoms with Crippen molar-refractivity contribution >= 4 is 38.5 Å². The second-order valence-electron chi connectivity index (χ2n) is 3.74. The molecule has 2 heterocycles. The average Bonchev–Trinajstić information content (AvgIpc) is 2.94. The van der Waals surface area contributed by atoms with E-state index in [1.807, 2.05) is 24.3 Å². The Morgan fingerprint density at radius 3 is 2.89 bits per heavy atom. The Hall–Kier alpha value is -2.15. The minimum absolute atomic E-state index is 0.110. The van der Waals surface area contributed by atoms with Gasteiger partial charge in [-0.25, -0.2) is 4.63 Å². The molecule has 6 nitrogen and oxygen atoms in total. The van der Waals surface area contributed by atoms with Gasteiger partial charge >= 0.3 is 0 Å². The Kier molecular flexibility index (Phi) is 2.41. The third kappa shape index (κ3) is 1.60. The highest BCUT2D eigenvalue weighted by molar-refractivity contribution is 9.10. The molecule has 0 radical (unpaired) electrons. The number of rotatable bonds is 1. The fourth-order valence-electron chi connectivity index (χ4n) is 1.78. The predicted molar refractivity (Wildman–Crippen MR) is 70.6 cm³/mol. The van der Waals surface area contributed by atoms with Gasteiger partial charge in [0.15, 0.2) is 17.3 Å². The van der Waals surface area contributed by atoms with Gasteiger partial charge in [0, 0.05) is 16.1 Å². The van der Waals surface area contributed by atoms with E-state index in [0.29, 0.717) is 0 Å². The van der Waals surface area contributed by atoms with Gasteiger partial charge in [0.2, 0.25) is 0 Å². The van der Waals surface area contributed by atoms with Gasteiger partial charge in [0.1, 0.15) is 0 Å². The first-order chi connectivity index (χ1) is 8.66. The molecule has 3 N–H and O–H groups in total. The van der Waals surface area contributed by atoms with Crippen LogP contribution in [0.3, 0.4) is 0 Å². The van der Waals surface area contributed by atoms with E-state index in [2.05, 4.69) is 30.9 Å². The van der Waals surface area contributed by atoms with E-state index in [1.54, 1.807) is 10.8 Å². The van der Waals surface area contributed by atoms with E-state index >= 15 is 0 Å². The summed E-state index contributed by atoms with van der Waals surface area (Å²) in [6.07, 6.45) is 1.79. The van der Waals surface area contributed by atoms with Crippen molar-refractivity contribution in [2.24, 2.45) is 0 Å². The number of nitrogen functional groups attached to an aromatic ring is 1. The van der Waals surface area contributed by atoms with Crippen LogP contribution in [0.2, 0.25) is 0 Å². The fraction of sp³-hybridized carbons (Fsp3) is 0. The van der Waals surface area contributed by atoms with Gasteiger partial charge in [0.05, 0.1) is 5.52 Å². The average molecular weight is 306 g/mol. The SMILES string of the molecule is N=C(c1nonc1N)n1ccc2cc(Br)ccc21. The molecular weight excluding hydrogens is 298 g/mol. The summed E-state index contributed by atoms with van der Waals surface area (Å²) in [7, 11) is 0. The van der Waals surface area contributed by atoms with E-state index in [0.717, 1.165) is 15.4 Å². The molecule has 1 aromatic carbocycles. The van der Waals surface area contributed by atoms with Crippen molar-refractivity contribution in [3.05, 3.63) is 40.6 Å². The van der Waals surface area contributed by atoms with Gasteiger partial charge in [0.25, 0.3) is 0 Å². The van der Waals surface area contributed by atoms with Crippen LogP contribution in [0.15, 0.2) is 39.6 Å². The topological polar surface area (TPSA) is 93.7 Å². The molecule has 0 fully saturated rings. The molecule has 0 saturated carbocycles. The van der Waals surface area contributed by atoms with Crippen molar-refractivity contribution in [3.8, 4) is 0 Å². The zero-order chi connectivity index (χ0) is 12.7. The maximum absolute atomic E-state index is 8.09. The number of aromatic nitrogens is 3.